The van der Waals surface area contributed by atoms with Gasteiger partial charge in [-0.1, -0.05) is 48.2 Å². The lowest BCUT2D eigenvalue weighted by molar-refractivity contribution is -0.109. The van der Waals surface area contributed by atoms with Gasteiger partial charge < -0.3 is 0 Å². The van der Waals surface area contributed by atoms with Crippen molar-refractivity contribution in [2.45, 2.75) is 12.8 Å². The van der Waals surface area contributed by atoms with Crippen LogP contribution in [0.5, 0.6) is 0 Å². The molecule has 0 radical (unpaired) electrons. The fourth-order valence-corrected chi connectivity index (χ4v) is 1.83. The molecule has 0 heterocycles. The number of benzene rings is 1. The fourth-order valence-electron chi connectivity index (χ4n) is 1.16. The molecular weight excluding hydrogens is 228 g/mol. The largest absolute Gasteiger partial charge is 0.288 e. The molecule has 80 valence electrons. The number of thioether (sulfide) groups is 1. The van der Waals surface area contributed by atoms with Gasteiger partial charge in [0.15, 0.2) is 5.12 Å². The molecule has 0 amide bonds. The zero-order valence-electron chi connectivity index (χ0n) is 8.57. The first-order valence-electron chi connectivity index (χ1n) is 4.68. The molecule has 0 saturated carbocycles. The topological polar surface area (TPSA) is 17.1 Å². The van der Waals surface area contributed by atoms with Crippen molar-refractivity contribution in [2.75, 3.05) is 5.75 Å². The quantitative estimate of drug-likeness (QED) is 0.747. The summed E-state index contributed by atoms with van der Waals surface area (Å²) < 4.78 is 0. The van der Waals surface area contributed by atoms with Crippen molar-refractivity contribution in [2.24, 2.45) is 0 Å². The average Bonchev–Trinajstić information content (AvgIpc) is 2.24. The maximum atomic E-state index is 10.7. The highest BCUT2D eigenvalue weighted by Crippen LogP contribution is 2.13. The second-order valence-electron chi connectivity index (χ2n) is 3.04. The lowest BCUT2D eigenvalue weighted by Gasteiger charge is -2.00. The molecule has 0 saturated heterocycles. The van der Waals surface area contributed by atoms with Gasteiger partial charge in [0, 0.05) is 18.6 Å². The second kappa shape index (κ2) is 6.70. The Morgan fingerprint density at radius 3 is 2.87 bits per heavy atom. The fraction of sp³-hybridized carbons (Fsp3) is 0.250. The molecule has 1 rings (SSSR count). The first kappa shape index (κ1) is 12.3. The number of carbonyl (C=O) groups excluding carboxylic acids is 1. The summed E-state index contributed by atoms with van der Waals surface area (Å²) in [6.45, 7) is 1.57. The van der Waals surface area contributed by atoms with Crippen molar-refractivity contribution in [3.8, 4) is 0 Å². The van der Waals surface area contributed by atoms with Crippen LogP contribution in [0.2, 0.25) is 0 Å². The summed E-state index contributed by atoms with van der Waals surface area (Å²) in [6, 6.07) is 7.98. The van der Waals surface area contributed by atoms with Crippen molar-refractivity contribution in [1.82, 2.24) is 0 Å². The van der Waals surface area contributed by atoms with Crippen LogP contribution >= 0.6 is 23.4 Å². The first-order valence-corrected chi connectivity index (χ1v) is 6.20. The predicted octanol–water partition coefficient (Wildman–Crippen LogP) is 3.72. The Morgan fingerprint density at radius 1 is 1.47 bits per heavy atom. The molecule has 0 aromatic heterocycles. The number of halogens is 1. The van der Waals surface area contributed by atoms with E-state index in [2.05, 4.69) is 0 Å². The lowest BCUT2D eigenvalue weighted by atomic mass is 10.1. The summed E-state index contributed by atoms with van der Waals surface area (Å²) in [5, 5.41) is 0.144. The van der Waals surface area contributed by atoms with Crippen LogP contribution in [0.25, 0.3) is 6.08 Å². The maximum Gasteiger partial charge on any atom is 0.186 e. The van der Waals surface area contributed by atoms with E-state index in [9.17, 15) is 4.79 Å². The summed E-state index contributed by atoms with van der Waals surface area (Å²) in [7, 11) is 0. The molecule has 0 bridgehead atoms. The van der Waals surface area contributed by atoms with Gasteiger partial charge in [-0.15, -0.1) is 11.6 Å². The first-order chi connectivity index (χ1) is 7.24. The van der Waals surface area contributed by atoms with Gasteiger partial charge in [-0.3, -0.25) is 4.79 Å². The molecule has 0 aliphatic heterocycles. The Morgan fingerprint density at radius 2 is 2.20 bits per heavy atom. The van der Waals surface area contributed by atoms with E-state index in [-0.39, 0.29) is 5.12 Å². The molecule has 0 aliphatic rings. The van der Waals surface area contributed by atoms with E-state index < -0.39 is 0 Å². The summed E-state index contributed by atoms with van der Waals surface area (Å²) >= 11 is 7.11. The minimum Gasteiger partial charge on any atom is -0.288 e. The minimum absolute atomic E-state index is 0.144. The molecule has 0 spiro atoms. The van der Waals surface area contributed by atoms with E-state index in [1.165, 1.54) is 11.8 Å². The normalized spacial score (nSPS) is 10.8. The molecule has 3 heteroatoms. The predicted molar refractivity (Wildman–Crippen MR) is 68.2 cm³/mol. The van der Waals surface area contributed by atoms with Gasteiger partial charge in [-0.05, 0) is 11.1 Å². The van der Waals surface area contributed by atoms with Crippen LogP contribution in [0.15, 0.2) is 30.3 Å². The lowest BCUT2D eigenvalue weighted by Crippen LogP contribution is -1.84. The summed E-state index contributed by atoms with van der Waals surface area (Å²) in [6.07, 6.45) is 3.99. The Hall–Kier alpha value is -0.730. The number of rotatable bonds is 4. The van der Waals surface area contributed by atoms with E-state index in [1.807, 2.05) is 36.4 Å². The number of hydrogen-bond acceptors (Lipinski definition) is 2. The van der Waals surface area contributed by atoms with Gasteiger partial charge in [0.25, 0.3) is 0 Å². The van der Waals surface area contributed by atoms with Crippen molar-refractivity contribution in [3.63, 3.8) is 0 Å². The van der Waals surface area contributed by atoms with Crippen molar-refractivity contribution >= 4 is 34.6 Å². The third-order valence-corrected chi connectivity index (χ3v) is 2.93. The smallest absolute Gasteiger partial charge is 0.186 e. The highest BCUT2D eigenvalue weighted by atomic mass is 35.5. The van der Waals surface area contributed by atoms with E-state index in [0.29, 0.717) is 11.6 Å². The Bertz CT molecular complexity index is 360. The van der Waals surface area contributed by atoms with Crippen molar-refractivity contribution in [1.29, 1.82) is 0 Å². The van der Waals surface area contributed by atoms with E-state index in [0.717, 1.165) is 11.1 Å². The third kappa shape index (κ3) is 4.54. The number of hydrogen-bond donors (Lipinski definition) is 0. The number of carbonyl (C=O) groups is 1. The molecular formula is C12H13ClOS. The highest BCUT2D eigenvalue weighted by Gasteiger charge is 1.95. The Balaban J connectivity index is 2.59. The molecule has 1 aromatic rings. The maximum absolute atomic E-state index is 10.7. The Labute approximate surface area is 99.5 Å². The SMILES string of the molecule is CC(=O)SCC=Cc1ccccc1CCl. The number of alkyl halides is 1. The molecule has 0 atom stereocenters. The van der Waals surface area contributed by atoms with Crippen LogP contribution in [-0.4, -0.2) is 10.9 Å². The van der Waals surface area contributed by atoms with Crippen LogP contribution in [0.3, 0.4) is 0 Å². The van der Waals surface area contributed by atoms with Gasteiger partial charge in [0.1, 0.15) is 0 Å². The Kier molecular flexibility index (Phi) is 5.51. The zero-order valence-corrected chi connectivity index (χ0v) is 10.1. The van der Waals surface area contributed by atoms with Gasteiger partial charge in [0.2, 0.25) is 0 Å². The standard InChI is InChI=1S/C12H13ClOS/c1-10(14)15-8-4-7-11-5-2-3-6-12(11)9-13/h2-7H,8-9H2,1H3. The van der Waals surface area contributed by atoms with Crippen molar-refractivity contribution in [3.05, 3.63) is 41.5 Å². The van der Waals surface area contributed by atoms with E-state index >= 15 is 0 Å². The summed E-state index contributed by atoms with van der Waals surface area (Å²) in [5.74, 6) is 1.23. The van der Waals surface area contributed by atoms with Crippen LogP contribution in [-0.2, 0) is 10.7 Å². The summed E-state index contributed by atoms with van der Waals surface area (Å²) in [4.78, 5) is 10.7. The second-order valence-corrected chi connectivity index (χ2v) is 4.50. The zero-order chi connectivity index (χ0) is 11.1. The molecule has 1 nitrogen and oxygen atoms in total. The van der Waals surface area contributed by atoms with Crippen LogP contribution in [0.4, 0.5) is 0 Å². The average molecular weight is 241 g/mol. The molecule has 1 aromatic carbocycles. The molecule has 0 unspecified atom stereocenters. The molecule has 0 fully saturated rings. The van der Waals surface area contributed by atoms with E-state index in [4.69, 9.17) is 11.6 Å². The van der Waals surface area contributed by atoms with Gasteiger partial charge >= 0.3 is 0 Å². The minimum atomic E-state index is 0.144. The van der Waals surface area contributed by atoms with E-state index in [1.54, 1.807) is 6.92 Å². The van der Waals surface area contributed by atoms with Gasteiger partial charge in [0.05, 0.1) is 0 Å². The molecule has 0 aliphatic carbocycles. The van der Waals surface area contributed by atoms with Crippen LogP contribution in [0, 0.1) is 0 Å². The highest BCUT2D eigenvalue weighted by molar-refractivity contribution is 8.13. The summed E-state index contributed by atoms with van der Waals surface area (Å²) in [5.41, 5.74) is 2.24. The third-order valence-electron chi connectivity index (χ3n) is 1.88. The molecule has 0 N–H and O–H groups in total. The van der Waals surface area contributed by atoms with Crippen molar-refractivity contribution < 1.29 is 4.79 Å². The molecule has 15 heavy (non-hydrogen) atoms. The monoisotopic (exact) mass is 240 g/mol. The van der Waals surface area contributed by atoms with Crippen LogP contribution in [0.1, 0.15) is 18.1 Å². The van der Waals surface area contributed by atoms with Crippen LogP contribution < -0.4 is 0 Å². The van der Waals surface area contributed by atoms with Gasteiger partial charge in [-0.2, -0.15) is 0 Å². The van der Waals surface area contributed by atoms with Gasteiger partial charge in [-0.25, -0.2) is 0 Å².